The first kappa shape index (κ1) is 14.4. The van der Waals surface area contributed by atoms with Gasteiger partial charge >= 0.3 is 5.97 Å². The van der Waals surface area contributed by atoms with Gasteiger partial charge in [0, 0.05) is 6.04 Å². The fraction of sp³-hybridized carbons (Fsp3) is 0.917. The molecule has 0 rings (SSSR count). The molecule has 1 unspecified atom stereocenters. The van der Waals surface area contributed by atoms with Crippen LogP contribution in [0.4, 0.5) is 0 Å². The molecule has 2 N–H and O–H groups in total. The molecule has 0 saturated carbocycles. The maximum atomic E-state index is 11.3. The van der Waals surface area contributed by atoms with Crippen molar-refractivity contribution in [2.45, 2.75) is 59.4 Å². The summed E-state index contributed by atoms with van der Waals surface area (Å²) in [6.07, 6.45) is 3.13. The minimum atomic E-state index is -0.166. The molecular weight excluding hydrogens is 190 g/mol. The first-order chi connectivity index (χ1) is 6.85. The maximum Gasteiger partial charge on any atom is 0.307 e. The zero-order chi connectivity index (χ0) is 11.9. The summed E-state index contributed by atoms with van der Waals surface area (Å²) in [5.74, 6) is -0.166. The number of esters is 1. The van der Waals surface area contributed by atoms with Crippen LogP contribution in [0, 0.1) is 5.41 Å². The van der Waals surface area contributed by atoms with Gasteiger partial charge in [0.2, 0.25) is 0 Å². The van der Waals surface area contributed by atoms with Crippen molar-refractivity contribution in [2.75, 3.05) is 6.61 Å². The smallest absolute Gasteiger partial charge is 0.307 e. The average molecular weight is 215 g/mol. The highest BCUT2D eigenvalue weighted by atomic mass is 16.5. The first-order valence-electron chi connectivity index (χ1n) is 5.76. The van der Waals surface area contributed by atoms with Gasteiger partial charge in [-0.1, -0.05) is 34.1 Å². The predicted octanol–water partition coefficient (Wildman–Crippen LogP) is 2.48. The first-order valence-corrected chi connectivity index (χ1v) is 5.76. The minimum absolute atomic E-state index is 0.0443. The molecule has 1 atom stereocenters. The molecule has 15 heavy (non-hydrogen) atoms. The summed E-state index contributed by atoms with van der Waals surface area (Å²) < 4.78 is 5.12. The van der Waals surface area contributed by atoms with E-state index in [4.69, 9.17) is 10.5 Å². The van der Waals surface area contributed by atoms with Crippen molar-refractivity contribution < 1.29 is 9.53 Å². The molecule has 0 aromatic rings. The van der Waals surface area contributed by atoms with Gasteiger partial charge in [-0.25, -0.2) is 0 Å². The lowest BCUT2D eigenvalue weighted by atomic mass is 9.93. The summed E-state index contributed by atoms with van der Waals surface area (Å²) in [4.78, 5) is 11.3. The number of carbonyl (C=O) groups is 1. The molecular formula is C12H25NO2. The third-order valence-electron chi connectivity index (χ3n) is 2.20. The molecule has 0 fully saturated rings. The van der Waals surface area contributed by atoms with Crippen LogP contribution in [-0.4, -0.2) is 18.6 Å². The highest BCUT2D eigenvalue weighted by Gasteiger charge is 2.13. The summed E-state index contributed by atoms with van der Waals surface area (Å²) in [5, 5.41) is 0. The van der Waals surface area contributed by atoms with Crippen molar-refractivity contribution in [1.29, 1.82) is 0 Å². The molecule has 0 aliphatic rings. The van der Waals surface area contributed by atoms with Gasteiger partial charge in [0.15, 0.2) is 0 Å². The van der Waals surface area contributed by atoms with Crippen molar-refractivity contribution in [1.82, 2.24) is 0 Å². The summed E-state index contributed by atoms with van der Waals surface area (Å²) >= 11 is 0. The number of hydrogen-bond donors (Lipinski definition) is 1. The van der Waals surface area contributed by atoms with Gasteiger partial charge < -0.3 is 10.5 Å². The van der Waals surface area contributed by atoms with E-state index in [1.54, 1.807) is 0 Å². The standard InChI is InChI=1S/C12H25NO2/c1-5-6-10(13)9-11(14)15-8-7-12(2,3)4/h10H,5-9,13H2,1-4H3. The molecule has 0 aromatic heterocycles. The normalized spacial score (nSPS) is 13.7. The molecule has 0 saturated heterocycles. The van der Waals surface area contributed by atoms with Crippen molar-refractivity contribution in [3.05, 3.63) is 0 Å². The Balaban J connectivity index is 3.58. The zero-order valence-corrected chi connectivity index (χ0v) is 10.5. The Morgan fingerprint density at radius 2 is 2.00 bits per heavy atom. The molecule has 3 heteroatoms. The quantitative estimate of drug-likeness (QED) is 0.692. The SMILES string of the molecule is CCCC(N)CC(=O)OCCC(C)(C)C. The van der Waals surface area contributed by atoms with Crippen molar-refractivity contribution in [3.63, 3.8) is 0 Å². The Kier molecular flexibility index (Phi) is 6.57. The van der Waals surface area contributed by atoms with Crippen LogP contribution in [0.15, 0.2) is 0 Å². The highest BCUT2D eigenvalue weighted by Crippen LogP contribution is 2.18. The molecule has 0 radical (unpaired) electrons. The van der Waals surface area contributed by atoms with Crippen LogP contribution in [0.1, 0.15) is 53.4 Å². The fourth-order valence-electron chi connectivity index (χ4n) is 1.22. The number of ether oxygens (including phenoxy) is 1. The van der Waals surface area contributed by atoms with Crippen LogP contribution in [0.25, 0.3) is 0 Å². The summed E-state index contributed by atoms with van der Waals surface area (Å²) in [6, 6.07) is -0.0443. The molecule has 0 bridgehead atoms. The summed E-state index contributed by atoms with van der Waals surface area (Å²) in [5.41, 5.74) is 5.96. The van der Waals surface area contributed by atoms with Crippen LogP contribution in [0.5, 0.6) is 0 Å². The second kappa shape index (κ2) is 6.83. The van der Waals surface area contributed by atoms with E-state index in [1.165, 1.54) is 0 Å². The number of carbonyl (C=O) groups excluding carboxylic acids is 1. The number of hydrogen-bond acceptors (Lipinski definition) is 3. The third-order valence-corrected chi connectivity index (χ3v) is 2.20. The number of nitrogens with two attached hydrogens (primary N) is 1. The maximum absolute atomic E-state index is 11.3. The lowest BCUT2D eigenvalue weighted by Gasteiger charge is -2.18. The van der Waals surface area contributed by atoms with E-state index in [-0.39, 0.29) is 17.4 Å². The number of rotatable bonds is 6. The van der Waals surface area contributed by atoms with Crippen LogP contribution in [0.3, 0.4) is 0 Å². The summed E-state index contributed by atoms with van der Waals surface area (Å²) in [6.45, 7) is 8.95. The van der Waals surface area contributed by atoms with E-state index < -0.39 is 0 Å². The van der Waals surface area contributed by atoms with Gasteiger partial charge in [-0.3, -0.25) is 4.79 Å². The Bertz CT molecular complexity index is 185. The fourth-order valence-corrected chi connectivity index (χ4v) is 1.22. The molecule has 0 heterocycles. The second-order valence-electron chi connectivity index (χ2n) is 5.28. The van der Waals surface area contributed by atoms with E-state index in [1.807, 2.05) is 0 Å². The summed E-state index contributed by atoms with van der Waals surface area (Å²) in [7, 11) is 0. The Morgan fingerprint density at radius 1 is 1.40 bits per heavy atom. The van der Waals surface area contributed by atoms with Crippen LogP contribution in [-0.2, 0) is 9.53 Å². The van der Waals surface area contributed by atoms with E-state index in [2.05, 4.69) is 27.7 Å². The molecule has 0 amide bonds. The lowest BCUT2D eigenvalue weighted by molar-refractivity contribution is -0.144. The van der Waals surface area contributed by atoms with E-state index in [9.17, 15) is 4.79 Å². The Morgan fingerprint density at radius 3 is 2.47 bits per heavy atom. The van der Waals surface area contributed by atoms with Gasteiger partial charge in [-0.05, 0) is 18.3 Å². The zero-order valence-electron chi connectivity index (χ0n) is 10.5. The van der Waals surface area contributed by atoms with Crippen LogP contribution in [0.2, 0.25) is 0 Å². The molecule has 0 aliphatic carbocycles. The van der Waals surface area contributed by atoms with E-state index >= 15 is 0 Å². The largest absolute Gasteiger partial charge is 0.466 e. The topological polar surface area (TPSA) is 52.3 Å². The molecule has 0 spiro atoms. The second-order valence-corrected chi connectivity index (χ2v) is 5.28. The van der Waals surface area contributed by atoms with Gasteiger partial charge in [-0.15, -0.1) is 0 Å². The Hall–Kier alpha value is -0.570. The van der Waals surface area contributed by atoms with E-state index in [0.717, 1.165) is 19.3 Å². The molecule has 3 nitrogen and oxygen atoms in total. The van der Waals surface area contributed by atoms with Crippen LogP contribution >= 0.6 is 0 Å². The molecule has 90 valence electrons. The minimum Gasteiger partial charge on any atom is -0.466 e. The van der Waals surface area contributed by atoms with Gasteiger partial charge in [-0.2, -0.15) is 0 Å². The third kappa shape index (κ3) is 9.73. The van der Waals surface area contributed by atoms with Crippen molar-refractivity contribution >= 4 is 5.97 Å². The van der Waals surface area contributed by atoms with Crippen molar-refractivity contribution in [2.24, 2.45) is 11.1 Å². The van der Waals surface area contributed by atoms with Gasteiger partial charge in [0.1, 0.15) is 0 Å². The monoisotopic (exact) mass is 215 g/mol. The lowest BCUT2D eigenvalue weighted by Crippen LogP contribution is -2.25. The average Bonchev–Trinajstić information content (AvgIpc) is 2.01. The highest BCUT2D eigenvalue weighted by molar-refractivity contribution is 5.70. The molecule has 0 aromatic carbocycles. The van der Waals surface area contributed by atoms with E-state index in [0.29, 0.717) is 13.0 Å². The van der Waals surface area contributed by atoms with Gasteiger partial charge in [0.05, 0.1) is 13.0 Å². The molecule has 0 aliphatic heterocycles. The predicted molar refractivity (Wildman–Crippen MR) is 62.5 cm³/mol. The Labute approximate surface area is 93.4 Å². The van der Waals surface area contributed by atoms with Gasteiger partial charge in [0.25, 0.3) is 0 Å². The van der Waals surface area contributed by atoms with Crippen molar-refractivity contribution in [3.8, 4) is 0 Å². The van der Waals surface area contributed by atoms with Crippen LogP contribution < -0.4 is 5.73 Å².